The topological polar surface area (TPSA) is 51.0 Å². The molecule has 0 atom stereocenters. The Hall–Kier alpha value is -0.900. The third-order valence-corrected chi connectivity index (χ3v) is 3.01. The molecule has 0 radical (unpaired) electrons. The molecule has 0 aromatic carbocycles. The van der Waals surface area contributed by atoms with E-state index in [1.165, 1.54) is 12.8 Å². The van der Waals surface area contributed by atoms with Crippen molar-refractivity contribution in [2.24, 2.45) is 11.8 Å². The highest BCUT2D eigenvalue weighted by molar-refractivity contribution is 4.94. The van der Waals surface area contributed by atoms with Crippen LogP contribution in [0.25, 0.3) is 0 Å². The van der Waals surface area contributed by atoms with Crippen LogP contribution < -0.4 is 5.32 Å². The molecule has 0 bridgehead atoms. The molecule has 4 heteroatoms. The zero-order valence-corrected chi connectivity index (χ0v) is 8.20. The van der Waals surface area contributed by atoms with E-state index in [1.807, 2.05) is 0 Å². The molecule has 1 aliphatic carbocycles. The quantitative estimate of drug-likeness (QED) is 0.768. The molecule has 3 rings (SSSR count). The molecule has 1 saturated carbocycles. The lowest BCUT2D eigenvalue weighted by Gasteiger charge is -2.25. The fourth-order valence-corrected chi connectivity index (χ4v) is 1.78. The largest absolute Gasteiger partial charge is 0.339 e. The van der Waals surface area contributed by atoms with E-state index in [4.69, 9.17) is 4.52 Å². The zero-order valence-electron chi connectivity index (χ0n) is 8.20. The number of hydrogen-bond acceptors (Lipinski definition) is 4. The van der Waals surface area contributed by atoms with Gasteiger partial charge in [0.1, 0.15) is 0 Å². The van der Waals surface area contributed by atoms with Gasteiger partial charge in [0.05, 0.1) is 0 Å². The molecule has 0 amide bonds. The van der Waals surface area contributed by atoms with Gasteiger partial charge < -0.3 is 9.84 Å². The lowest BCUT2D eigenvalue weighted by molar-refractivity contribution is 0.295. The molecule has 0 unspecified atom stereocenters. The van der Waals surface area contributed by atoms with E-state index in [1.54, 1.807) is 0 Å². The van der Waals surface area contributed by atoms with E-state index < -0.39 is 0 Å². The van der Waals surface area contributed by atoms with Gasteiger partial charge in [0, 0.05) is 12.8 Å². The number of hydrogen-bond donors (Lipinski definition) is 1. The number of aromatic nitrogens is 2. The van der Waals surface area contributed by atoms with Crippen LogP contribution in [0.3, 0.4) is 0 Å². The zero-order chi connectivity index (χ0) is 9.38. The molecule has 1 aliphatic heterocycles. The summed E-state index contributed by atoms with van der Waals surface area (Å²) in [5.74, 6) is 3.29. The Labute approximate surface area is 83.1 Å². The Kier molecular flexibility index (Phi) is 2.01. The predicted molar refractivity (Wildman–Crippen MR) is 50.8 cm³/mol. The molecule has 1 aromatic heterocycles. The summed E-state index contributed by atoms with van der Waals surface area (Å²) >= 11 is 0. The molecule has 2 aliphatic rings. The van der Waals surface area contributed by atoms with Crippen LogP contribution in [0.5, 0.6) is 0 Å². The Morgan fingerprint density at radius 1 is 1.21 bits per heavy atom. The molecule has 2 heterocycles. The molecular weight excluding hydrogens is 178 g/mol. The highest BCUT2D eigenvalue weighted by atomic mass is 16.5. The number of nitrogens with one attached hydrogen (secondary N) is 1. The number of nitrogens with zero attached hydrogens (tertiary/aromatic N) is 2. The van der Waals surface area contributed by atoms with Crippen molar-refractivity contribution in [1.82, 2.24) is 15.5 Å². The summed E-state index contributed by atoms with van der Waals surface area (Å²) in [6.45, 7) is 2.20. The molecular formula is C10H15N3O. The average Bonchev–Trinajstić information content (AvgIpc) is 2.78. The first-order chi connectivity index (χ1) is 6.90. The van der Waals surface area contributed by atoms with Crippen LogP contribution in [-0.4, -0.2) is 23.2 Å². The second-order valence-corrected chi connectivity index (χ2v) is 4.48. The van der Waals surface area contributed by atoms with Gasteiger partial charge in [-0.15, -0.1) is 0 Å². The Morgan fingerprint density at radius 2 is 2.07 bits per heavy atom. The molecule has 1 aromatic rings. The summed E-state index contributed by atoms with van der Waals surface area (Å²) in [4.78, 5) is 4.41. The Morgan fingerprint density at radius 3 is 2.71 bits per heavy atom. The van der Waals surface area contributed by atoms with E-state index in [9.17, 15) is 0 Å². The third-order valence-electron chi connectivity index (χ3n) is 3.01. The highest BCUT2D eigenvalue weighted by Gasteiger charge is 2.25. The van der Waals surface area contributed by atoms with Crippen LogP contribution in [0.4, 0.5) is 0 Å². The van der Waals surface area contributed by atoms with Crippen LogP contribution in [0, 0.1) is 11.8 Å². The van der Waals surface area contributed by atoms with Gasteiger partial charge in [0.15, 0.2) is 5.82 Å². The fourth-order valence-electron chi connectivity index (χ4n) is 1.78. The summed E-state index contributed by atoms with van der Waals surface area (Å²) in [5, 5.41) is 7.24. The smallest absolute Gasteiger partial charge is 0.227 e. The van der Waals surface area contributed by atoms with E-state index in [0.29, 0.717) is 5.92 Å². The van der Waals surface area contributed by atoms with Gasteiger partial charge in [-0.25, -0.2) is 0 Å². The van der Waals surface area contributed by atoms with Crippen LogP contribution in [0.1, 0.15) is 24.6 Å². The minimum Gasteiger partial charge on any atom is -0.339 e. The summed E-state index contributed by atoms with van der Waals surface area (Å²) in [7, 11) is 0. The van der Waals surface area contributed by atoms with Crippen molar-refractivity contribution in [3.05, 3.63) is 11.7 Å². The van der Waals surface area contributed by atoms with Gasteiger partial charge in [0.25, 0.3) is 0 Å². The fraction of sp³-hybridized carbons (Fsp3) is 0.800. The van der Waals surface area contributed by atoms with Gasteiger partial charge in [-0.05, 0) is 37.8 Å². The lowest BCUT2D eigenvalue weighted by Crippen LogP contribution is -2.43. The van der Waals surface area contributed by atoms with E-state index in [-0.39, 0.29) is 0 Å². The Bertz CT molecular complexity index is 315. The second-order valence-electron chi connectivity index (χ2n) is 4.48. The minimum atomic E-state index is 0.712. The molecule has 14 heavy (non-hydrogen) atoms. The second kappa shape index (κ2) is 3.35. The summed E-state index contributed by atoms with van der Waals surface area (Å²) < 4.78 is 5.21. The van der Waals surface area contributed by atoms with Gasteiger partial charge in [0.2, 0.25) is 5.89 Å². The standard InChI is InChI=1S/C10H15N3O/c1-2-7(1)3-9-12-10(14-13-9)4-8-5-11-6-8/h7-8,11H,1-6H2. The summed E-state index contributed by atoms with van der Waals surface area (Å²) in [6, 6.07) is 0. The highest BCUT2D eigenvalue weighted by Crippen LogP contribution is 2.31. The van der Waals surface area contributed by atoms with Crippen LogP contribution in [0.15, 0.2) is 4.52 Å². The summed E-state index contributed by atoms with van der Waals surface area (Å²) in [5.41, 5.74) is 0. The summed E-state index contributed by atoms with van der Waals surface area (Å²) in [6.07, 6.45) is 4.66. The van der Waals surface area contributed by atoms with Crippen molar-refractivity contribution < 1.29 is 4.52 Å². The monoisotopic (exact) mass is 193 g/mol. The van der Waals surface area contributed by atoms with Crippen molar-refractivity contribution in [3.8, 4) is 0 Å². The van der Waals surface area contributed by atoms with Gasteiger partial charge >= 0.3 is 0 Å². The van der Waals surface area contributed by atoms with Crippen molar-refractivity contribution in [2.45, 2.75) is 25.7 Å². The maximum Gasteiger partial charge on any atom is 0.227 e. The first-order valence-electron chi connectivity index (χ1n) is 5.42. The van der Waals surface area contributed by atoms with Gasteiger partial charge in [-0.1, -0.05) is 5.16 Å². The maximum atomic E-state index is 5.21. The molecule has 4 nitrogen and oxygen atoms in total. The third kappa shape index (κ3) is 1.80. The van der Waals surface area contributed by atoms with Crippen LogP contribution in [-0.2, 0) is 12.8 Å². The first kappa shape index (κ1) is 8.41. The predicted octanol–water partition coefficient (Wildman–Crippen LogP) is 0.784. The van der Waals surface area contributed by atoms with E-state index in [2.05, 4.69) is 15.5 Å². The SMILES string of the molecule is C1CC1Cc1noc(CC2CNC2)n1. The minimum absolute atomic E-state index is 0.712. The van der Waals surface area contributed by atoms with Crippen molar-refractivity contribution >= 4 is 0 Å². The van der Waals surface area contributed by atoms with Crippen molar-refractivity contribution in [2.75, 3.05) is 13.1 Å². The Balaban J connectivity index is 1.57. The molecule has 76 valence electrons. The van der Waals surface area contributed by atoms with Gasteiger partial charge in [-0.3, -0.25) is 0 Å². The van der Waals surface area contributed by atoms with Crippen LogP contribution >= 0.6 is 0 Å². The van der Waals surface area contributed by atoms with E-state index in [0.717, 1.165) is 43.6 Å². The van der Waals surface area contributed by atoms with Gasteiger partial charge in [-0.2, -0.15) is 4.98 Å². The van der Waals surface area contributed by atoms with E-state index >= 15 is 0 Å². The maximum absolute atomic E-state index is 5.21. The normalized spacial score (nSPS) is 22.3. The number of rotatable bonds is 4. The lowest BCUT2D eigenvalue weighted by atomic mass is 10.00. The van der Waals surface area contributed by atoms with Crippen molar-refractivity contribution in [1.29, 1.82) is 0 Å². The van der Waals surface area contributed by atoms with Crippen LogP contribution in [0.2, 0.25) is 0 Å². The molecule has 2 fully saturated rings. The molecule has 1 N–H and O–H groups in total. The average molecular weight is 193 g/mol. The molecule has 1 saturated heterocycles. The van der Waals surface area contributed by atoms with Crippen molar-refractivity contribution in [3.63, 3.8) is 0 Å². The molecule has 0 spiro atoms. The first-order valence-corrected chi connectivity index (χ1v) is 5.42.